The molecule has 0 saturated carbocycles. The average Bonchev–Trinajstić information content (AvgIpc) is 2.64. The van der Waals surface area contributed by atoms with Crippen molar-refractivity contribution >= 4 is 23.4 Å². The van der Waals surface area contributed by atoms with Crippen LogP contribution in [0.25, 0.3) is 0 Å². The van der Waals surface area contributed by atoms with E-state index in [1.165, 1.54) is 25.3 Å². The van der Waals surface area contributed by atoms with Crippen LogP contribution in [-0.2, 0) is 21.7 Å². The Morgan fingerprint density at radius 2 is 1.89 bits per heavy atom. The molecule has 0 heterocycles. The Morgan fingerprint density at radius 1 is 1.14 bits per heavy atom. The molecule has 0 aromatic heterocycles. The lowest BCUT2D eigenvalue weighted by Gasteiger charge is -2.14. The van der Waals surface area contributed by atoms with Crippen molar-refractivity contribution in [2.45, 2.75) is 25.3 Å². The number of esters is 1. The number of aryl methyl sites for hydroxylation is 1. The van der Waals surface area contributed by atoms with E-state index in [0.717, 1.165) is 5.56 Å². The first-order valence-electron chi connectivity index (χ1n) is 8.17. The smallest absolute Gasteiger partial charge is 0.397 e. The second kappa shape index (κ2) is 9.59. The molecule has 0 fully saturated rings. The molecule has 0 unspecified atom stereocenters. The maximum atomic E-state index is 12.4. The summed E-state index contributed by atoms with van der Waals surface area (Å²) in [4.78, 5) is 22.2. The summed E-state index contributed by atoms with van der Waals surface area (Å²) in [5, 5.41) is 2.82. The first kappa shape index (κ1) is 21.7. The number of rotatable bonds is 8. The number of nitroso groups, excluding NO2 is 1. The molecule has 0 bridgehead atoms. The Labute approximate surface area is 164 Å². The van der Waals surface area contributed by atoms with Crippen LogP contribution < -0.4 is 4.74 Å². The minimum absolute atomic E-state index is 0.000891. The van der Waals surface area contributed by atoms with Gasteiger partial charge in [-0.05, 0) is 47.5 Å². The largest absolute Gasteiger partial charge is 0.469 e. The van der Waals surface area contributed by atoms with E-state index < -0.39 is 17.9 Å². The summed E-state index contributed by atoms with van der Waals surface area (Å²) in [5.41, 5.74) is 1.97. The van der Waals surface area contributed by atoms with Gasteiger partial charge in [0.15, 0.2) is 0 Å². The molecule has 0 atom stereocenters. The lowest BCUT2D eigenvalue weighted by molar-refractivity contribution is -0.139. The standard InChI is InChI=1S/C19H18F3NO4S/c1-12-3-4-13(8-18(24)26-2)7-17(12)27-16-6-5-15(23-25)9-14(16)10-28-11-19(20,21)22/h3-7,9H,8,10-11H2,1-2H3. The summed E-state index contributed by atoms with van der Waals surface area (Å²) < 4.78 is 47.8. The highest BCUT2D eigenvalue weighted by Crippen LogP contribution is 2.34. The summed E-state index contributed by atoms with van der Waals surface area (Å²) in [6.45, 7) is 1.80. The van der Waals surface area contributed by atoms with Gasteiger partial charge in [-0.2, -0.15) is 13.2 Å². The molecular weight excluding hydrogens is 395 g/mol. The van der Waals surface area contributed by atoms with Crippen molar-refractivity contribution in [1.29, 1.82) is 0 Å². The second-order valence-corrected chi connectivity index (χ2v) is 6.93. The summed E-state index contributed by atoms with van der Waals surface area (Å²) in [6.07, 6.45) is -4.22. The predicted molar refractivity (Wildman–Crippen MR) is 101 cm³/mol. The van der Waals surface area contributed by atoms with Gasteiger partial charge >= 0.3 is 12.1 Å². The van der Waals surface area contributed by atoms with E-state index in [9.17, 15) is 22.9 Å². The highest BCUT2D eigenvalue weighted by molar-refractivity contribution is 7.98. The van der Waals surface area contributed by atoms with Gasteiger partial charge in [-0.15, -0.1) is 16.7 Å². The summed E-state index contributed by atoms with van der Waals surface area (Å²) >= 11 is 0.666. The van der Waals surface area contributed by atoms with Crippen molar-refractivity contribution in [3.8, 4) is 11.5 Å². The monoisotopic (exact) mass is 413 g/mol. The Balaban J connectivity index is 2.25. The van der Waals surface area contributed by atoms with Crippen molar-refractivity contribution in [3.05, 3.63) is 58.0 Å². The average molecular weight is 413 g/mol. The van der Waals surface area contributed by atoms with Gasteiger partial charge in [0, 0.05) is 11.3 Å². The fourth-order valence-corrected chi connectivity index (χ4v) is 3.11. The lowest BCUT2D eigenvalue weighted by Crippen LogP contribution is -2.10. The molecule has 0 amide bonds. The number of nitrogens with zero attached hydrogens (tertiary/aromatic N) is 1. The molecule has 2 aromatic carbocycles. The SMILES string of the molecule is COC(=O)Cc1ccc(C)c(Oc2ccc(N=O)cc2CSCC(F)(F)F)c1. The maximum absolute atomic E-state index is 12.4. The van der Waals surface area contributed by atoms with Crippen LogP contribution in [-0.4, -0.2) is 25.0 Å². The fraction of sp³-hybridized carbons (Fsp3) is 0.316. The van der Waals surface area contributed by atoms with Gasteiger partial charge in [0.2, 0.25) is 0 Å². The molecule has 2 aromatic rings. The third kappa shape index (κ3) is 6.56. The second-order valence-electron chi connectivity index (χ2n) is 5.95. The van der Waals surface area contributed by atoms with Crippen LogP contribution in [0.5, 0.6) is 11.5 Å². The summed E-state index contributed by atoms with van der Waals surface area (Å²) in [7, 11) is 1.29. The topological polar surface area (TPSA) is 65.0 Å². The van der Waals surface area contributed by atoms with Gasteiger partial charge in [-0.3, -0.25) is 4.79 Å². The van der Waals surface area contributed by atoms with Crippen molar-refractivity contribution in [3.63, 3.8) is 0 Å². The third-order valence-corrected chi connectivity index (χ3v) is 4.77. The molecule has 2 rings (SSSR count). The van der Waals surface area contributed by atoms with E-state index in [1.807, 2.05) is 0 Å². The molecule has 0 saturated heterocycles. The van der Waals surface area contributed by atoms with Gasteiger partial charge in [0.05, 0.1) is 19.3 Å². The number of carbonyl (C=O) groups is 1. The number of halogens is 3. The molecule has 0 N–H and O–H groups in total. The molecule has 5 nitrogen and oxygen atoms in total. The highest BCUT2D eigenvalue weighted by Gasteiger charge is 2.27. The predicted octanol–water partition coefficient (Wildman–Crippen LogP) is 5.70. The van der Waals surface area contributed by atoms with Crippen LogP contribution in [0.15, 0.2) is 41.6 Å². The van der Waals surface area contributed by atoms with Crippen LogP contribution >= 0.6 is 11.8 Å². The van der Waals surface area contributed by atoms with Crippen molar-refractivity contribution in [1.82, 2.24) is 0 Å². The number of thioether (sulfide) groups is 1. The van der Waals surface area contributed by atoms with Gasteiger partial charge < -0.3 is 9.47 Å². The molecule has 0 aliphatic carbocycles. The van der Waals surface area contributed by atoms with Crippen LogP contribution in [0.2, 0.25) is 0 Å². The number of methoxy groups -OCH3 is 1. The Hall–Kier alpha value is -2.55. The Kier molecular flexibility index (Phi) is 7.45. The number of carbonyl (C=O) groups excluding carboxylic acids is 1. The van der Waals surface area contributed by atoms with E-state index in [2.05, 4.69) is 9.91 Å². The molecule has 0 aliphatic rings. The van der Waals surface area contributed by atoms with Crippen LogP contribution in [0.3, 0.4) is 0 Å². The zero-order chi connectivity index (χ0) is 20.7. The Bertz CT molecular complexity index is 856. The molecule has 28 heavy (non-hydrogen) atoms. The third-order valence-electron chi connectivity index (χ3n) is 3.72. The minimum atomic E-state index is -4.29. The number of hydrogen-bond acceptors (Lipinski definition) is 6. The van der Waals surface area contributed by atoms with Gasteiger partial charge in [0.1, 0.15) is 17.2 Å². The molecule has 0 aliphatic heterocycles. The normalized spacial score (nSPS) is 11.2. The van der Waals surface area contributed by atoms with Gasteiger partial charge in [-0.25, -0.2) is 0 Å². The number of ether oxygens (including phenoxy) is 2. The number of hydrogen-bond donors (Lipinski definition) is 0. The zero-order valence-corrected chi connectivity index (χ0v) is 16.0. The van der Waals surface area contributed by atoms with E-state index in [-0.39, 0.29) is 17.9 Å². The lowest BCUT2D eigenvalue weighted by atomic mass is 10.1. The maximum Gasteiger partial charge on any atom is 0.397 e. The quantitative estimate of drug-likeness (QED) is 0.411. The van der Waals surface area contributed by atoms with E-state index in [4.69, 9.17) is 4.74 Å². The summed E-state index contributed by atoms with van der Waals surface area (Å²) in [6, 6.07) is 9.52. The van der Waals surface area contributed by atoms with E-state index in [0.29, 0.717) is 34.4 Å². The minimum Gasteiger partial charge on any atom is -0.469 e. The first-order chi connectivity index (χ1) is 13.2. The van der Waals surface area contributed by atoms with Crippen molar-refractivity contribution < 1.29 is 27.4 Å². The fourth-order valence-electron chi connectivity index (χ4n) is 2.33. The number of alkyl halides is 3. The Morgan fingerprint density at radius 3 is 2.54 bits per heavy atom. The molecule has 0 spiro atoms. The van der Waals surface area contributed by atoms with Crippen LogP contribution in [0.1, 0.15) is 16.7 Å². The van der Waals surface area contributed by atoms with Crippen molar-refractivity contribution in [2.75, 3.05) is 12.9 Å². The van der Waals surface area contributed by atoms with Gasteiger partial charge in [-0.1, -0.05) is 12.1 Å². The molecular formula is C19H18F3NO4S. The van der Waals surface area contributed by atoms with Crippen LogP contribution in [0.4, 0.5) is 18.9 Å². The number of benzene rings is 2. The molecule has 150 valence electrons. The highest BCUT2D eigenvalue weighted by atomic mass is 32.2. The van der Waals surface area contributed by atoms with Gasteiger partial charge in [0.25, 0.3) is 0 Å². The van der Waals surface area contributed by atoms with Crippen molar-refractivity contribution in [2.24, 2.45) is 5.18 Å². The molecule has 0 radical (unpaired) electrons. The first-order valence-corrected chi connectivity index (χ1v) is 9.32. The van der Waals surface area contributed by atoms with E-state index >= 15 is 0 Å². The van der Waals surface area contributed by atoms with E-state index in [1.54, 1.807) is 25.1 Å². The molecule has 9 heteroatoms. The summed E-state index contributed by atoms with van der Waals surface area (Å²) in [5.74, 6) is -0.645. The zero-order valence-electron chi connectivity index (χ0n) is 15.2. The van der Waals surface area contributed by atoms with Crippen LogP contribution in [0, 0.1) is 11.8 Å².